The molecule has 86 valence electrons. The van der Waals surface area contributed by atoms with Crippen LogP contribution >= 0.6 is 0 Å². The van der Waals surface area contributed by atoms with E-state index < -0.39 is 0 Å². The molecule has 0 saturated carbocycles. The third-order valence-electron chi connectivity index (χ3n) is 2.19. The predicted octanol–water partition coefficient (Wildman–Crippen LogP) is 2.50. The van der Waals surface area contributed by atoms with E-state index >= 15 is 0 Å². The molecule has 0 unspecified atom stereocenters. The van der Waals surface area contributed by atoms with Crippen LogP contribution in [0.2, 0.25) is 0 Å². The normalized spacial score (nSPS) is 11.9. The van der Waals surface area contributed by atoms with Crippen molar-refractivity contribution in [1.29, 1.82) is 0 Å². The first-order chi connectivity index (χ1) is 7.15. The highest BCUT2D eigenvalue weighted by Crippen LogP contribution is 2.16. The molecule has 0 aromatic carbocycles. The second-order valence-corrected chi connectivity index (χ2v) is 3.57. The van der Waals surface area contributed by atoms with E-state index in [4.69, 9.17) is 4.74 Å². The van der Waals surface area contributed by atoms with Crippen molar-refractivity contribution in [2.24, 2.45) is 5.92 Å². The van der Waals surface area contributed by atoms with Gasteiger partial charge in [0.1, 0.15) is 6.29 Å². The minimum atomic E-state index is -0.388. The van der Waals surface area contributed by atoms with Crippen LogP contribution in [0.5, 0.6) is 0 Å². The Labute approximate surface area is 91.5 Å². The highest BCUT2D eigenvalue weighted by Gasteiger charge is 2.14. The van der Waals surface area contributed by atoms with Crippen LogP contribution in [-0.4, -0.2) is 18.9 Å². The quantitative estimate of drug-likeness (QED) is 0.353. The average molecular weight is 212 g/mol. The summed E-state index contributed by atoms with van der Waals surface area (Å²) in [5.74, 6) is -0.484. The Hall–Kier alpha value is -1.12. The van der Waals surface area contributed by atoms with Crippen molar-refractivity contribution in [2.75, 3.05) is 6.61 Å². The molecule has 0 spiro atoms. The fourth-order valence-electron chi connectivity index (χ4n) is 1.32. The Morgan fingerprint density at radius 2 is 2.13 bits per heavy atom. The zero-order valence-electron chi connectivity index (χ0n) is 9.62. The van der Waals surface area contributed by atoms with E-state index in [1.54, 1.807) is 6.92 Å². The molecule has 0 aliphatic heterocycles. The standard InChI is InChI=1S/C12H20O3/c1-4-6-7-11(9-13)8-10(3)12(14)15-5-2/h9,11H,3-8H2,1-2H3/t11-/m1/s1. The summed E-state index contributed by atoms with van der Waals surface area (Å²) < 4.78 is 4.80. The first-order valence-electron chi connectivity index (χ1n) is 5.45. The van der Waals surface area contributed by atoms with Crippen LogP contribution in [0.3, 0.4) is 0 Å². The van der Waals surface area contributed by atoms with E-state index in [1.165, 1.54) is 0 Å². The third kappa shape index (κ3) is 6.05. The van der Waals surface area contributed by atoms with Crippen LogP contribution in [0, 0.1) is 5.92 Å². The number of unbranched alkanes of at least 4 members (excludes halogenated alkanes) is 1. The zero-order valence-corrected chi connectivity index (χ0v) is 9.62. The molecular weight excluding hydrogens is 192 g/mol. The van der Waals surface area contributed by atoms with Crippen LogP contribution in [0.15, 0.2) is 12.2 Å². The molecule has 0 amide bonds. The second kappa shape index (κ2) is 8.21. The lowest BCUT2D eigenvalue weighted by Crippen LogP contribution is -2.12. The van der Waals surface area contributed by atoms with Gasteiger partial charge < -0.3 is 9.53 Å². The first-order valence-corrected chi connectivity index (χ1v) is 5.45. The molecule has 0 N–H and O–H groups in total. The number of carbonyl (C=O) groups is 2. The summed E-state index contributed by atoms with van der Waals surface area (Å²) in [6.45, 7) is 7.80. The molecule has 3 nitrogen and oxygen atoms in total. The molecule has 0 aromatic heterocycles. The number of ether oxygens (including phenoxy) is 1. The molecule has 0 rings (SSSR count). The largest absolute Gasteiger partial charge is 0.463 e. The summed E-state index contributed by atoms with van der Waals surface area (Å²) in [6, 6.07) is 0. The van der Waals surface area contributed by atoms with Crippen molar-refractivity contribution >= 4 is 12.3 Å². The molecule has 15 heavy (non-hydrogen) atoms. The molecule has 1 atom stereocenters. The monoisotopic (exact) mass is 212 g/mol. The van der Waals surface area contributed by atoms with E-state index in [2.05, 4.69) is 13.5 Å². The summed E-state index contributed by atoms with van der Waals surface area (Å²) in [7, 11) is 0. The Kier molecular flexibility index (Phi) is 7.60. The molecule has 0 aliphatic rings. The molecular formula is C12H20O3. The van der Waals surface area contributed by atoms with E-state index in [9.17, 15) is 9.59 Å². The van der Waals surface area contributed by atoms with Crippen molar-refractivity contribution in [3.8, 4) is 0 Å². The van der Waals surface area contributed by atoms with Gasteiger partial charge in [0.15, 0.2) is 0 Å². The number of hydrogen-bond donors (Lipinski definition) is 0. The van der Waals surface area contributed by atoms with E-state index in [1.807, 2.05) is 0 Å². The Bertz CT molecular complexity index is 221. The lowest BCUT2D eigenvalue weighted by molar-refractivity contribution is -0.138. The van der Waals surface area contributed by atoms with Crippen molar-refractivity contribution in [3.05, 3.63) is 12.2 Å². The number of esters is 1. The van der Waals surface area contributed by atoms with Gasteiger partial charge in [-0.15, -0.1) is 0 Å². The van der Waals surface area contributed by atoms with Gasteiger partial charge >= 0.3 is 5.97 Å². The van der Waals surface area contributed by atoms with E-state index in [0.717, 1.165) is 25.5 Å². The first kappa shape index (κ1) is 13.9. The van der Waals surface area contributed by atoms with Crippen molar-refractivity contribution in [1.82, 2.24) is 0 Å². The lowest BCUT2D eigenvalue weighted by Gasteiger charge is -2.10. The highest BCUT2D eigenvalue weighted by molar-refractivity contribution is 5.88. The van der Waals surface area contributed by atoms with Crippen LogP contribution in [0.4, 0.5) is 0 Å². The van der Waals surface area contributed by atoms with Crippen LogP contribution in [0.25, 0.3) is 0 Å². The molecule has 0 radical (unpaired) electrons. The lowest BCUT2D eigenvalue weighted by atomic mass is 9.96. The number of carbonyl (C=O) groups excluding carboxylic acids is 2. The third-order valence-corrected chi connectivity index (χ3v) is 2.19. The topological polar surface area (TPSA) is 43.4 Å². The summed E-state index contributed by atoms with van der Waals surface area (Å²) in [5.41, 5.74) is 0.394. The summed E-state index contributed by atoms with van der Waals surface area (Å²) in [6.07, 6.45) is 4.19. The van der Waals surface area contributed by atoms with Gasteiger partial charge in [-0.3, -0.25) is 0 Å². The highest BCUT2D eigenvalue weighted by atomic mass is 16.5. The fourth-order valence-corrected chi connectivity index (χ4v) is 1.32. The SMILES string of the molecule is C=C(C[C@H](C=O)CCCC)C(=O)OCC. The molecule has 0 fully saturated rings. The van der Waals surface area contributed by atoms with Crippen LogP contribution in [0.1, 0.15) is 39.5 Å². The van der Waals surface area contributed by atoms with Gasteiger partial charge in [-0.1, -0.05) is 26.3 Å². The smallest absolute Gasteiger partial charge is 0.333 e. The Balaban J connectivity index is 4.00. The van der Waals surface area contributed by atoms with Gasteiger partial charge in [0, 0.05) is 11.5 Å². The summed E-state index contributed by atoms with van der Waals surface area (Å²) in [5, 5.41) is 0. The van der Waals surface area contributed by atoms with Gasteiger partial charge in [0.25, 0.3) is 0 Å². The maximum absolute atomic E-state index is 11.2. The van der Waals surface area contributed by atoms with Crippen molar-refractivity contribution < 1.29 is 14.3 Å². The van der Waals surface area contributed by atoms with Gasteiger partial charge in [-0.2, -0.15) is 0 Å². The number of aldehydes is 1. The molecule has 0 saturated heterocycles. The molecule has 0 heterocycles. The van der Waals surface area contributed by atoms with Crippen molar-refractivity contribution in [2.45, 2.75) is 39.5 Å². The van der Waals surface area contributed by atoms with Gasteiger partial charge in [-0.05, 0) is 19.8 Å². The predicted molar refractivity (Wildman–Crippen MR) is 59.5 cm³/mol. The van der Waals surface area contributed by atoms with E-state index in [-0.39, 0.29) is 11.9 Å². The molecule has 0 aromatic rings. The second-order valence-electron chi connectivity index (χ2n) is 3.57. The van der Waals surface area contributed by atoms with Crippen molar-refractivity contribution in [3.63, 3.8) is 0 Å². The maximum atomic E-state index is 11.2. The van der Waals surface area contributed by atoms with Crippen LogP contribution in [-0.2, 0) is 14.3 Å². The van der Waals surface area contributed by atoms with E-state index in [0.29, 0.717) is 18.6 Å². The average Bonchev–Trinajstić information content (AvgIpc) is 2.24. The molecule has 0 bridgehead atoms. The van der Waals surface area contributed by atoms with Gasteiger partial charge in [0.2, 0.25) is 0 Å². The number of hydrogen-bond acceptors (Lipinski definition) is 3. The molecule has 0 aliphatic carbocycles. The minimum absolute atomic E-state index is 0.0955. The molecule has 3 heteroatoms. The minimum Gasteiger partial charge on any atom is -0.463 e. The summed E-state index contributed by atoms with van der Waals surface area (Å²) >= 11 is 0. The number of rotatable bonds is 8. The summed E-state index contributed by atoms with van der Waals surface area (Å²) in [4.78, 5) is 22.0. The Morgan fingerprint density at radius 3 is 2.60 bits per heavy atom. The Morgan fingerprint density at radius 1 is 1.47 bits per heavy atom. The fraction of sp³-hybridized carbons (Fsp3) is 0.667. The van der Waals surface area contributed by atoms with Gasteiger partial charge in [-0.25, -0.2) is 4.79 Å². The van der Waals surface area contributed by atoms with Crippen LogP contribution < -0.4 is 0 Å². The van der Waals surface area contributed by atoms with Gasteiger partial charge in [0.05, 0.1) is 6.61 Å². The zero-order chi connectivity index (χ0) is 11.7. The maximum Gasteiger partial charge on any atom is 0.333 e.